The second-order valence-corrected chi connectivity index (χ2v) is 6.59. The zero-order chi connectivity index (χ0) is 16.8. The van der Waals surface area contributed by atoms with E-state index in [9.17, 15) is 5.11 Å². The van der Waals surface area contributed by atoms with Crippen LogP contribution in [0.2, 0.25) is 0 Å². The molecule has 0 amide bonds. The molecule has 1 atom stereocenters. The van der Waals surface area contributed by atoms with Crippen LogP contribution in [0.1, 0.15) is 30.9 Å². The van der Waals surface area contributed by atoms with Gasteiger partial charge in [-0.3, -0.25) is 0 Å². The number of rotatable bonds is 6. The first-order valence-electron chi connectivity index (χ1n) is 8.91. The zero-order valence-corrected chi connectivity index (χ0v) is 14.4. The van der Waals surface area contributed by atoms with Gasteiger partial charge in [-0.25, -0.2) is 0 Å². The van der Waals surface area contributed by atoms with Crippen LogP contribution < -0.4 is 4.90 Å². The van der Waals surface area contributed by atoms with Crippen LogP contribution in [0.3, 0.4) is 0 Å². The lowest BCUT2D eigenvalue weighted by Crippen LogP contribution is -2.36. The summed E-state index contributed by atoms with van der Waals surface area (Å²) in [5, 5.41) is 11.3. The highest BCUT2D eigenvalue weighted by atomic mass is 16.5. The molecule has 128 valence electrons. The summed E-state index contributed by atoms with van der Waals surface area (Å²) in [6, 6.07) is 18.7. The van der Waals surface area contributed by atoms with Crippen molar-refractivity contribution in [2.45, 2.75) is 31.8 Å². The molecule has 1 aliphatic rings. The van der Waals surface area contributed by atoms with E-state index in [1.165, 1.54) is 11.3 Å². The molecule has 1 unspecified atom stereocenters. The number of anilines is 1. The van der Waals surface area contributed by atoms with Gasteiger partial charge in [0.25, 0.3) is 0 Å². The average Bonchev–Trinajstić information content (AvgIpc) is 2.64. The van der Waals surface area contributed by atoms with Gasteiger partial charge in [-0.2, -0.15) is 0 Å². The first kappa shape index (κ1) is 17.0. The van der Waals surface area contributed by atoms with Crippen molar-refractivity contribution in [1.29, 1.82) is 0 Å². The van der Waals surface area contributed by atoms with E-state index < -0.39 is 5.60 Å². The summed E-state index contributed by atoms with van der Waals surface area (Å²) in [6.07, 6.45) is 2.37. The molecule has 1 heterocycles. The molecule has 3 heteroatoms. The monoisotopic (exact) mass is 325 g/mol. The van der Waals surface area contributed by atoms with Crippen LogP contribution in [0.15, 0.2) is 54.6 Å². The standard InChI is InChI=1S/C21H27NO2/c1-2-12-21(23,17-18-6-4-3-5-7-18)19-8-10-20(11-9-19)22-13-15-24-16-14-22/h3-11,23H,2,12-17H2,1H3. The summed E-state index contributed by atoms with van der Waals surface area (Å²) >= 11 is 0. The molecule has 24 heavy (non-hydrogen) atoms. The lowest BCUT2D eigenvalue weighted by atomic mass is 9.83. The van der Waals surface area contributed by atoms with Gasteiger partial charge in [-0.1, -0.05) is 55.8 Å². The van der Waals surface area contributed by atoms with Crippen molar-refractivity contribution in [3.63, 3.8) is 0 Å². The van der Waals surface area contributed by atoms with E-state index in [4.69, 9.17) is 4.74 Å². The van der Waals surface area contributed by atoms with Gasteiger partial charge in [0, 0.05) is 25.2 Å². The van der Waals surface area contributed by atoms with Crippen LogP contribution in [0.4, 0.5) is 5.69 Å². The van der Waals surface area contributed by atoms with E-state index in [1.54, 1.807) is 0 Å². The Morgan fingerprint density at radius 2 is 1.67 bits per heavy atom. The Labute approximate surface area is 144 Å². The highest BCUT2D eigenvalue weighted by molar-refractivity contribution is 5.49. The Balaban J connectivity index is 1.80. The SMILES string of the molecule is CCCC(O)(Cc1ccccc1)c1ccc(N2CCOCC2)cc1. The van der Waals surface area contributed by atoms with Crippen molar-refractivity contribution in [3.05, 3.63) is 65.7 Å². The number of ether oxygens (including phenoxy) is 1. The Kier molecular flexibility index (Phi) is 5.54. The largest absolute Gasteiger partial charge is 0.385 e. The van der Waals surface area contributed by atoms with Crippen LogP contribution in [-0.4, -0.2) is 31.4 Å². The molecule has 1 aliphatic heterocycles. The topological polar surface area (TPSA) is 32.7 Å². The molecule has 0 aromatic heterocycles. The van der Waals surface area contributed by atoms with E-state index in [0.29, 0.717) is 6.42 Å². The van der Waals surface area contributed by atoms with Gasteiger partial charge in [0.15, 0.2) is 0 Å². The maximum Gasteiger partial charge on any atom is 0.0936 e. The number of hydrogen-bond donors (Lipinski definition) is 1. The first-order valence-corrected chi connectivity index (χ1v) is 8.91. The van der Waals surface area contributed by atoms with E-state index in [-0.39, 0.29) is 0 Å². The van der Waals surface area contributed by atoms with Crippen molar-refractivity contribution in [2.24, 2.45) is 0 Å². The van der Waals surface area contributed by atoms with Crippen molar-refractivity contribution in [2.75, 3.05) is 31.2 Å². The van der Waals surface area contributed by atoms with E-state index in [2.05, 4.69) is 48.2 Å². The fraction of sp³-hybridized carbons (Fsp3) is 0.429. The summed E-state index contributed by atoms with van der Waals surface area (Å²) in [6.45, 7) is 5.56. The van der Waals surface area contributed by atoms with E-state index in [0.717, 1.165) is 44.7 Å². The quantitative estimate of drug-likeness (QED) is 0.878. The van der Waals surface area contributed by atoms with E-state index in [1.807, 2.05) is 18.2 Å². The maximum atomic E-state index is 11.3. The molecule has 2 aromatic carbocycles. The molecule has 1 fully saturated rings. The molecule has 0 radical (unpaired) electrons. The van der Waals surface area contributed by atoms with Crippen LogP contribution in [0.25, 0.3) is 0 Å². The molecule has 0 spiro atoms. The fourth-order valence-corrected chi connectivity index (χ4v) is 3.49. The maximum absolute atomic E-state index is 11.3. The minimum Gasteiger partial charge on any atom is -0.385 e. The van der Waals surface area contributed by atoms with Crippen LogP contribution in [0.5, 0.6) is 0 Å². The molecule has 0 saturated carbocycles. The smallest absolute Gasteiger partial charge is 0.0936 e. The summed E-state index contributed by atoms with van der Waals surface area (Å²) < 4.78 is 5.42. The summed E-state index contributed by atoms with van der Waals surface area (Å²) in [5.41, 5.74) is 2.58. The molecule has 0 bridgehead atoms. The molecule has 2 aromatic rings. The number of hydrogen-bond acceptors (Lipinski definition) is 3. The Hall–Kier alpha value is -1.84. The van der Waals surface area contributed by atoms with Crippen LogP contribution >= 0.6 is 0 Å². The van der Waals surface area contributed by atoms with Gasteiger partial charge in [0.2, 0.25) is 0 Å². The normalized spacial score (nSPS) is 17.5. The third-order valence-electron chi connectivity index (χ3n) is 4.78. The van der Waals surface area contributed by atoms with E-state index >= 15 is 0 Å². The fourth-order valence-electron chi connectivity index (χ4n) is 3.49. The number of nitrogens with zero attached hydrogens (tertiary/aromatic N) is 1. The highest BCUT2D eigenvalue weighted by Gasteiger charge is 2.28. The highest BCUT2D eigenvalue weighted by Crippen LogP contribution is 2.32. The van der Waals surface area contributed by atoms with Gasteiger partial charge >= 0.3 is 0 Å². The van der Waals surface area contributed by atoms with Gasteiger partial charge in [0.05, 0.1) is 18.8 Å². The number of aliphatic hydroxyl groups is 1. The minimum atomic E-state index is -0.806. The third kappa shape index (κ3) is 3.97. The van der Waals surface area contributed by atoms with Gasteiger partial charge in [-0.05, 0) is 29.7 Å². The number of benzene rings is 2. The summed E-state index contributed by atoms with van der Waals surface area (Å²) in [5.74, 6) is 0. The Morgan fingerprint density at radius 3 is 2.29 bits per heavy atom. The lowest BCUT2D eigenvalue weighted by Gasteiger charge is -2.31. The molecular weight excluding hydrogens is 298 g/mol. The Morgan fingerprint density at radius 1 is 1.00 bits per heavy atom. The van der Waals surface area contributed by atoms with Crippen molar-refractivity contribution in [3.8, 4) is 0 Å². The first-order chi connectivity index (χ1) is 11.7. The molecule has 1 N–H and O–H groups in total. The minimum absolute atomic E-state index is 0.651. The molecule has 3 nitrogen and oxygen atoms in total. The van der Waals surface area contributed by atoms with Gasteiger partial charge < -0.3 is 14.7 Å². The van der Waals surface area contributed by atoms with Crippen LogP contribution in [-0.2, 0) is 16.8 Å². The second-order valence-electron chi connectivity index (χ2n) is 6.59. The van der Waals surface area contributed by atoms with Crippen molar-refractivity contribution >= 4 is 5.69 Å². The van der Waals surface area contributed by atoms with Crippen molar-refractivity contribution in [1.82, 2.24) is 0 Å². The predicted molar refractivity (Wildman–Crippen MR) is 98.4 cm³/mol. The third-order valence-corrected chi connectivity index (χ3v) is 4.78. The number of morpholine rings is 1. The second kappa shape index (κ2) is 7.82. The zero-order valence-electron chi connectivity index (χ0n) is 14.4. The van der Waals surface area contributed by atoms with Crippen LogP contribution in [0, 0.1) is 0 Å². The molecule has 0 aliphatic carbocycles. The van der Waals surface area contributed by atoms with Gasteiger partial charge in [0.1, 0.15) is 0 Å². The molecular formula is C21H27NO2. The average molecular weight is 325 g/mol. The molecule has 3 rings (SSSR count). The summed E-state index contributed by atoms with van der Waals surface area (Å²) in [4.78, 5) is 2.34. The Bertz CT molecular complexity index is 620. The lowest BCUT2D eigenvalue weighted by molar-refractivity contribution is 0.0269. The van der Waals surface area contributed by atoms with Crippen molar-refractivity contribution < 1.29 is 9.84 Å². The molecule has 1 saturated heterocycles. The van der Waals surface area contributed by atoms with Gasteiger partial charge in [-0.15, -0.1) is 0 Å². The summed E-state index contributed by atoms with van der Waals surface area (Å²) in [7, 11) is 0. The predicted octanol–water partition coefficient (Wildman–Crippen LogP) is 3.75.